The van der Waals surface area contributed by atoms with Crippen LogP contribution in [0.1, 0.15) is 43.5 Å². The maximum absolute atomic E-state index is 12.6. The fourth-order valence-electron chi connectivity index (χ4n) is 2.44. The van der Waals surface area contributed by atoms with Gasteiger partial charge in [0.05, 0.1) is 18.3 Å². The summed E-state index contributed by atoms with van der Waals surface area (Å²) in [6.45, 7) is 6.24. The van der Waals surface area contributed by atoms with Crippen molar-refractivity contribution in [3.8, 4) is 5.75 Å². The van der Waals surface area contributed by atoms with Crippen molar-refractivity contribution in [2.75, 3.05) is 19.8 Å². The van der Waals surface area contributed by atoms with Gasteiger partial charge in [-0.2, -0.15) is 0 Å². The highest BCUT2D eigenvalue weighted by Crippen LogP contribution is 2.23. The zero-order valence-corrected chi connectivity index (χ0v) is 17.0. The summed E-state index contributed by atoms with van der Waals surface area (Å²) in [6, 6.07) is 5.39. The maximum atomic E-state index is 12.6. The zero-order valence-electron chi connectivity index (χ0n) is 14.6. The normalized spacial score (nSPS) is 16.7. The standard InChI is InChI=1S/C18H25BrN2O3S/c1-12(2)7-9-24-16-6-5-13(19)10-15(16)17(22)21-18(25)20-11-14-4-3-8-23-14/h5-6,10,12,14H,3-4,7-9,11H2,1-2H3,(H2,20,21,22,25). The van der Waals surface area contributed by atoms with Crippen LogP contribution in [0, 0.1) is 5.92 Å². The number of hydrogen-bond acceptors (Lipinski definition) is 4. The lowest BCUT2D eigenvalue weighted by molar-refractivity contribution is 0.0969. The molecule has 1 heterocycles. The van der Waals surface area contributed by atoms with Gasteiger partial charge in [-0.05, 0) is 55.6 Å². The maximum Gasteiger partial charge on any atom is 0.261 e. The minimum absolute atomic E-state index is 0.163. The molecule has 0 aromatic heterocycles. The van der Waals surface area contributed by atoms with Gasteiger partial charge in [0.25, 0.3) is 5.91 Å². The Morgan fingerprint density at radius 3 is 2.96 bits per heavy atom. The van der Waals surface area contributed by atoms with E-state index in [1.165, 1.54) is 0 Å². The molecule has 1 aliphatic heterocycles. The monoisotopic (exact) mass is 428 g/mol. The summed E-state index contributed by atoms with van der Waals surface area (Å²) in [6.07, 6.45) is 3.18. The second-order valence-electron chi connectivity index (χ2n) is 6.47. The van der Waals surface area contributed by atoms with E-state index in [0.29, 0.717) is 35.5 Å². The van der Waals surface area contributed by atoms with E-state index in [9.17, 15) is 4.79 Å². The second-order valence-corrected chi connectivity index (χ2v) is 7.79. The molecule has 0 aliphatic carbocycles. The molecule has 1 aromatic carbocycles. The highest BCUT2D eigenvalue weighted by Gasteiger charge is 2.18. The number of halogens is 1. The molecule has 0 spiro atoms. The number of ether oxygens (including phenoxy) is 2. The number of nitrogens with one attached hydrogen (secondary N) is 2. The van der Waals surface area contributed by atoms with E-state index >= 15 is 0 Å². The first-order chi connectivity index (χ1) is 12.0. The molecule has 1 aromatic rings. The van der Waals surface area contributed by atoms with Crippen molar-refractivity contribution < 1.29 is 14.3 Å². The smallest absolute Gasteiger partial charge is 0.261 e. The molecule has 1 amide bonds. The summed E-state index contributed by atoms with van der Waals surface area (Å²) in [4.78, 5) is 12.6. The number of carbonyl (C=O) groups excluding carboxylic acids is 1. The minimum atomic E-state index is -0.286. The first-order valence-electron chi connectivity index (χ1n) is 8.59. The van der Waals surface area contributed by atoms with Crippen molar-refractivity contribution >= 4 is 39.2 Å². The van der Waals surface area contributed by atoms with E-state index < -0.39 is 0 Å². The number of amides is 1. The lowest BCUT2D eigenvalue weighted by Gasteiger charge is -2.15. The number of benzene rings is 1. The lowest BCUT2D eigenvalue weighted by Crippen LogP contribution is -2.42. The van der Waals surface area contributed by atoms with Gasteiger partial charge in [0.2, 0.25) is 0 Å². The topological polar surface area (TPSA) is 59.6 Å². The molecule has 0 saturated carbocycles. The summed E-state index contributed by atoms with van der Waals surface area (Å²) in [5.74, 6) is 0.816. The van der Waals surface area contributed by atoms with Crippen LogP contribution >= 0.6 is 28.1 Å². The Labute approximate surface area is 163 Å². The fourth-order valence-corrected chi connectivity index (χ4v) is 2.97. The van der Waals surface area contributed by atoms with Crippen molar-refractivity contribution in [2.45, 2.75) is 39.2 Å². The van der Waals surface area contributed by atoms with Crippen molar-refractivity contribution in [3.63, 3.8) is 0 Å². The molecule has 138 valence electrons. The molecule has 25 heavy (non-hydrogen) atoms. The van der Waals surface area contributed by atoms with Crippen LogP contribution in [-0.2, 0) is 4.74 Å². The molecule has 2 N–H and O–H groups in total. The van der Waals surface area contributed by atoms with Crippen LogP contribution in [0.3, 0.4) is 0 Å². The van der Waals surface area contributed by atoms with Crippen LogP contribution in [0.15, 0.2) is 22.7 Å². The second kappa shape index (κ2) is 10.1. The highest BCUT2D eigenvalue weighted by molar-refractivity contribution is 9.10. The first-order valence-corrected chi connectivity index (χ1v) is 9.79. The summed E-state index contributed by atoms with van der Waals surface area (Å²) in [7, 11) is 0. The Hall–Kier alpha value is -1.18. The summed E-state index contributed by atoms with van der Waals surface area (Å²) in [5, 5.41) is 6.05. The van der Waals surface area contributed by atoms with Gasteiger partial charge in [-0.15, -0.1) is 0 Å². The van der Waals surface area contributed by atoms with Crippen molar-refractivity contribution in [2.24, 2.45) is 5.92 Å². The van der Waals surface area contributed by atoms with Gasteiger partial charge >= 0.3 is 0 Å². The Morgan fingerprint density at radius 2 is 2.28 bits per heavy atom. The van der Waals surface area contributed by atoms with Crippen LogP contribution in [-0.4, -0.2) is 36.9 Å². The molecule has 7 heteroatoms. The average molecular weight is 429 g/mol. The third-order valence-electron chi connectivity index (χ3n) is 3.88. The average Bonchev–Trinajstić information content (AvgIpc) is 3.07. The third kappa shape index (κ3) is 6.92. The van der Waals surface area contributed by atoms with Gasteiger partial charge < -0.3 is 14.8 Å². The Balaban J connectivity index is 1.92. The van der Waals surface area contributed by atoms with Gasteiger partial charge in [-0.3, -0.25) is 10.1 Å². The van der Waals surface area contributed by atoms with Crippen LogP contribution in [0.5, 0.6) is 5.75 Å². The molecule has 5 nitrogen and oxygen atoms in total. The van der Waals surface area contributed by atoms with Gasteiger partial charge in [-0.1, -0.05) is 29.8 Å². The molecule has 1 aliphatic rings. The van der Waals surface area contributed by atoms with E-state index in [1.807, 2.05) is 6.07 Å². The van der Waals surface area contributed by atoms with Crippen molar-refractivity contribution in [1.29, 1.82) is 0 Å². The summed E-state index contributed by atoms with van der Waals surface area (Å²) in [5.41, 5.74) is 0.458. The van der Waals surface area contributed by atoms with E-state index in [4.69, 9.17) is 21.7 Å². The third-order valence-corrected chi connectivity index (χ3v) is 4.62. The zero-order chi connectivity index (χ0) is 18.2. The molecular formula is C18H25BrN2O3S. The number of rotatable bonds is 7. The van der Waals surface area contributed by atoms with Crippen molar-refractivity contribution in [1.82, 2.24) is 10.6 Å². The van der Waals surface area contributed by atoms with E-state index in [0.717, 1.165) is 30.3 Å². The van der Waals surface area contributed by atoms with Crippen LogP contribution < -0.4 is 15.4 Å². The minimum Gasteiger partial charge on any atom is -0.493 e. The van der Waals surface area contributed by atoms with Gasteiger partial charge in [-0.25, -0.2) is 0 Å². The van der Waals surface area contributed by atoms with E-state index in [1.54, 1.807) is 12.1 Å². The number of hydrogen-bond donors (Lipinski definition) is 2. The van der Waals surface area contributed by atoms with Crippen LogP contribution in [0.25, 0.3) is 0 Å². The summed E-state index contributed by atoms with van der Waals surface area (Å²) >= 11 is 8.61. The molecule has 1 fully saturated rings. The molecular weight excluding hydrogens is 404 g/mol. The lowest BCUT2D eigenvalue weighted by atomic mass is 10.1. The largest absolute Gasteiger partial charge is 0.493 e. The quantitative estimate of drug-likeness (QED) is 0.648. The van der Waals surface area contributed by atoms with Gasteiger partial charge in [0.1, 0.15) is 5.75 Å². The van der Waals surface area contributed by atoms with Crippen LogP contribution in [0.4, 0.5) is 0 Å². The van der Waals surface area contributed by atoms with Gasteiger partial charge in [0, 0.05) is 17.6 Å². The highest BCUT2D eigenvalue weighted by atomic mass is 79.9. The SMILES string of the molecule is CC(C)CCOc1ccc(Br)cc1C(=O)NC(=S)NCC1CCCO1. The van der Waals surface area contributed by atoms with Crippen LogP contribution in [0.2, 0.25) is 0 Å². The Morgan fingerprint density at radius 1 is 1.48 bits per heavy atom. The van der Waals surface area contributed by atoms with Crippen molar-refractivity contribution in [3.05, 3.63) is 28.2 Å². The molecule has 2 rings (SSSR count). The molecule has 1 atom stereocenters. The predicted octanol–water partition coefficient (Wildman–Crippen LogP) is 3.66. The van der Waals surface area contributed by atoms with E-state index in [2.05, 4.69) is 40.4 Å². The number of carbonyl (C=O) groups is 1. The number of thiocarbonyl (C=S) groups is 1. The Kier molecular flexibility index (Phi) is 8.12. The van der Waals surface area contributed by atoms with E-state index in [-0.39, 0.29) is 12.0 Å². The molecule has 1 unspecified atom stereocenters. The first kappa shape index (κ1) is 20.1. The molecule has 0 bridgehead atoms. The van der Waals surface area contributed by atoms with Gasteiger partial charge in [0.15, 0.2) is 5.11 Å². The molecule has 1 saturated heterocycles. The Bertz CT molecular complexity index is 604. The predicted molar refractivity (Wildman–Crippen MR) is 106 cm³/mol. The summed E-state index contributed by atoms with van der Waals surface area (Å²) < 4.78 is 12.1. The molecule has 0 radical (unpaired) electrons. The fraction of sp³-hybridized carbons (Fsp3) is 0.556.